The van der Waals surface area contributed by atoms with Crippen LogP contribution in [0.25, 0.3) is 0 Å². The Balaban J connectivity index is 2.39. The molecule has 4 nitrogen and oxygen atoms in total. The van der Waals surface area contributed by atoms with Gasteiger partial charge in [-0.2, -0.15) is 0 Å². The normalized spacial score (nSPS) is 13.9. The van der Waals surface area contributed by atoms with Crippen molar-refractivity contribution in [2.45, 2.75) is 39.0 Å². The summed E-state index contributed by atoms with van der Waals surface area (Å²) < 4.78 is 0. The predicted molar refractivity (Wildman–Crippen MR) is 79.6 cm³/mol. The van der Waals surface area contributed by atoms with Crippen LogP contribution in [0.5, 0.6) is 5.75 Å². The van der Waals surface area contributed by atoms with Gasteiger partial charge in [0.05, 0.1) is 5.92 Å². The molecule has 1 aromatic rings. The third-order valence-corrected chi connectivity index (χ3v) is 3.82. The zero-order valence-electron chi connectivity index (χ0n) is 12.1. The summed E-state index contributed by atoms with van der Waals surface area (Å²) in [6, 6.07) is 7.29. The molecule has 0 aliphatic rings. The summed E-state index contributed by atoms with van der Waals surface area (Å²) in [5.74, 6) is -0.528. The van der Waals surface area contributed by atoms with E-state index in [0.717, 1.165) is 31.2 Å². The first-order valence-electron chi connectivity index (χ1n) is 7.27. The molecule has 0 spiro atoms. The predicted octanol–water partition coefficient (Wildman–Crippen LogP) is 2.79. The van der Waals surface area contributed by atoms with Gasteiger partial charge in [-0.15, -0.1) is 0 Å². The van der Waals surface area contributed by atoms with Crippen LogP contribution in [0.2, 0.25) is 0 Å². The molecule has 112 valence electrons. The zero-order chi connectivity index (χ0) is 15.0. The fraction of sp³-hybridized carbons (Fsp3) is 0.562. The van der Waals surface area contributed by atoms with Crippen molar-refractivity contribution in [3.63, 3.8) is 0 Å². The van der Waals surface area contributed by atoms with Crippen LogP contribution in [0.15, 0.2) is 24.3 Å². The highest BCUT2D eigenvalue weighted by atomic mass is 16.4. The van der Waals surface area contributed by atoms with Gasteiger partial charge in [0.1, 0.15) is 5.75 Å². The van der Waals surface area contributed by atoms with Gasteiger partial charge in [0.25, 0.3) is 0 Å². The van der Waals surface area contributed by atoms with E-state index in [1.807, 2.05) is 12.1 Å². The molecule has 0 amide bonds. The fourth-order valence-corrected chi connectivity index (χ4v) is 2.50. The van der Waals surface area contributed by atoms with E-state index in [1.54, 1.807) is 12.1 Å². The summed E-state index contributed by atoms with van der Waals surface area (Å²) in [6.45, 7) is 2.30. The molecule has 0 aromatic heterocycles. The van der Waals surface area contributed by atoms with Crippen LogP contribution in [0.3, 0.4) is 0 Å². The SMILES string of the molecule is CCC(CCCc1cccc(O)c1)CC(CN)C(=O)O. The first kappa shape index (κ1) is 16.5. The number of phenolic OH excluding ortho intramolecular Hbond substituents is 1. The maximum absolute atomic E-state index is 11.0. The molecule has 1 aromatic carbocycles. The summed E-state index contributed by atoms with van der Waals surface area (Å²) in [5, 5.41) is 18.4. The molecule has 4 N–H and O–H groups in total. The van der Waals surface area contributed by atoms with E-state index in [4.69, 9.17) is 10.8 Å². The van der Waals surface area contributed by atoms with Crippen LogP contribution in [-0.4, -0.2) is 22.7 Å². The Morgan fingerprint density at radius 3 is 2.70 bits per heavy atom. The van der Waals surface area contributed by atoms with Gasteiger partial charge in [0.15, 0.2) is 0 Å². The van der Waals surface area contributed by atoms with E-state index >= 15 is 0 Å². The molecule has 2 unspecified atom stereocenters. The number of hydrogen-bond acceptors (Lipinski definition) is 3. The molecule has 0 fully saturated rings. The molecule has 1 rings (SSSR count). The van der Waals surface area contributed by atoms with Gasteiger partial charge in [-0.3, -0.25) is 4.79 Å². The lowest BCUT2D eigenvalue weighted by Gasteiger charge is -2.18. The van der Waals surface area contributed by atoms with E-state index < -0.39 is 11.9 Å². The van der Waals surface area contributed by atoms with Crippen molar-refractivity contribution in [2.75, 3.05) is 6.54 Å². The summed E-state index contributed by atoms with van der Waals surface area (Å²) >= 11 is 0. The third kappa shape index (κ3) is 5.61. The minimum absolute atomic E-state index is 0.207. The minimum atomic E-state index is -0.793. The molecule has 0 aliphatic heterocycles. The van der Waals surface area contributed by atoms with Crippen LogP contribution in [0.4, 0.5) is 0 Å². The number of aromatic hydroxyl groups is 1. The van der Waals surface area contributed by atoms with Gasteiger partial charge in [0, 0.05) is 6.54 Å². The smallest absolute Gasteiger partial charge is 0.307 e. The first-order valence-corrected chi connectivity index (χ1v) is 7.27. The molecule has 0 bridgehead atoms. The lowest BCUT2D eigenvalue weighted by molar-refractivity contribution is -0.142. The maximum Gasteiger partial charge on any atom is 0.307 e. The van der Waals surface area contributed by atoms with Gasteiger partial charge in [0.2, 0.25) is 0 Å². The van der Waals surface area contributed by atoms with Crippen molar-refractivity contribution in [2.24, 2.45) is 17.6 Å². The summed E-state index contributed by atoms with van der Waals surface area (Å²) in [6.07, 6.45) is 4.53. The van der Waals surface area contributed by atoms with Crippen LogP contribution in [0.1, 0.15) is 38.2 Å². The van der Waals surface area contributed by atoms with Crippen LogP contribution >= 0.6 is 0 Å². The molecular weight excluding hydrogens is 254 g/mol. The average molecular weight is 279 g/mol. The quantitative estimate of drug-likeness (QED) is 0.649. The average Bonchev–Trinajstić information content (AvgIpc) is 2.42. The Morgan fingerprint density at radius 2 is 2.15 bits per heavy atom. The van der Waals surface area contributed by atoms with Crippen LogP contribution in [0, 0.1) is 11.8 Å². The zero-order valence-corrected chi connectivity index (χ0v) is 12.1. The first-order chi connectivity index (χ1) is 9.56. The Hall–Kier alpha value is -1.55. The largest absolute Gasteiger partial charge is 0.508 e. The van der Waals surface area contributed by atoms with E-state index in [-0.39, 0.29) is 6.54 Å². The number of benzene rings is 1. The van der Waals surface area contributed by atoms with Crippen molar-refractivity contribution in [3.8, 4) is 5.75 Å². The number of rotatable bonds is 9. The topological polar surface area (TPSA) is 83.5 Å². The number of phenols is 1. The Bertz CT molecular complexity index is 420. The van der Waals surface area contributed by atoms with Crippen molar-refractivity contribution in [1.29, 1.82) is 0 Å². The van der Waals surface area contributed by atoms with Crippen molar-refractivity contribution >= 4 is 5.97 Å². The van der Waals surface area contributed by atoms with Crippen LogP contribution < -0.4 is 5.73 Å². The van der Waals surface area contributed by atoms with Gasteiger partial charge in [-0.05, 0) is 42.9 Å². The number of nitrogens with two attached hydrogens (primary N) is 1. The van der Waals surface area contributed by atoms with Gasteiger partial charge in [-0.25, -0.2) is 0 Å². The van der Waals surface area contributed by atoms with Crippen molar-refractivity contribution in [3.05, 3.63) is 29.8 Å². The highest BCUT2D eigenvalue weighted by Crippen LogP contribution is 2.22. The minimum Gasteiger partial charge on any atom is -0.508 e. The molecule has 0 heterocycles. The summed E-state index contributed by atoms with van der Waals surface area (Å²) in [7, 11) is 0. The number of hydrogen-bond donors (Lipinski definition) is 3. The molecule has 2 atom stereocenters. The highest BCUT2D eigenvalue weighted by Gasteiger charge is 2.20. The molecule has 4 heteroatoms. The molecular formula is C16H25NO3. The van der Waals surface area contributed by atoms with Gasteiger partial charge >= 0.3 is 5.97 Å². The van der Waals surface area contributed by atoms with E-state index in [1.165, 1.54) is 0 Å². The second-order valence-corrected chi connectivity index (χ2v) is 5.34. The maximum atomic E-state index is 11.0. The number of aryl methyl sites for hydroxylation is 1. The molecule has 20 heavy (non-hydrogen) atoms. The summed E-state index contributed by atoms with van der Waals surface area (Å²) in [4.78, 5) is 11.0. The fourth-order valence-electron chi connectivity index (χ4n) is 2.50. The van der Waals surface area contributed by atoms with Gasteiger partial charge < -0.3 is 15.9 Å². The number of carboxylic acid groups (broad SMARTS) is 1. The van der Waals surface area contributed by atoms with Gasteiger partial charge in [-0.1, -0.05) is 31.9 Å². The van der Waals surface area contributed by atoms with Crippen molar-refractivity contribution in [1.82, 2.24) is 0 Å². The van der Waals surface area contributed by atoms with Crippen molar-refractivity contribution < 1.29 is 15.0 Å². The van der Waals surface area contributed by atoms with Crippen LogP contribution in [-0.2, 0) is 11.2 Å². The molecule has 0 radical (unpaired) electrons. The van der Waals surface area contributed by atoms with E-state index in [9.17, 15) is 9.90 Å². The second-order valence-electron chi connectivity index (χ2n) is 5.34. The lowest BCUT2D eigenvalue weighted by Crippen LogP contribution is -2.25. The monoisotopic (exact) mass is 279 g/mol. The Morgan fingerprint density at radius 1 is 1.40 bits per heavy atom. The standard InChI is InChI=1S/C16H25NO3/c1-2-12(9-14(11-17)16(19)20)5-3-6-13-7-4-8-15(18)10-13/h4,7-8,10,12,14,18H,2-3,5-6,9,11,17H2,1H3,(H,19,20). The second kappa shape index (κ2) is 8.59. The molecule has 0 aliphatic carbocycles. The third-order valence-electron chi connectivity index (χ3n) is 3.82. The molecule has 0 saturated carbocycles. The number of carbonyl (C=O) groups is 1. The molecule has 0 saturated heterocycles. The summed E-state index contributed by atoms with van der Waals surface area (Å²) in [5.41, 5.74) is 6.62. The van der Waals surface area contributed by atoms with E-state index in [2.05, 4.69) is 6.92 Å². The highest BCUT2D eigenvalue weighted by molar-refractivity contribution is 5.70. The Labute approximate surface area is 120 Å². The lowest BCUT2D eigenvalue weighted by atomic mass is 9.88. The number of aliphatic carboxylic acids is 1. The van der Waals surface area contributed by atoms with E-state index in [0.29, 0.717) is 18.1 Å². The number of carboxylic acids is 1. The Kier molecular flexibility index (Phi) is 7.09.